The molecule has 7 heteroatoms. The average Bonchev–Trinajstić information content (AvgIpc) is 3.48. The number of hydrogen-bond donors (Lipinski definition) is 0. The van der Waals surface area contributed by atoms with Crippen molar-refractivity contribution in [2.24, 2.45) is 5.92 Å². The molecule has 2 aromatic carbocycles. The quantitative estimate of drug-likeness (QED) is 0.348. The second-order valence-corrected chi connectivity index (χ2v) is 11.8. The SMILES string of the molecule is CCCc1cn(CCC(c2ccc3c(c2)C(N2Cc4ccccc4OC(C)(C)C2)CC3)C(C)C)nn1.O=C=O. The molecular formula is C32H42N4O3. The number of carbonyl (C=O) groups excluding carboxylic acids is 2. The Morgan fingerprint density at radius 1 is 1.13 bits per heavy atom. The Hall–Kier alpha value is -3.28. The number of para-hydroxylation sites is 1. The third-order valence-electron chi connectivity index (χ3n) is 7.97. The predicted molar refractivity (Wildman–Crippen MR) is 150 cm³/mol. The summed E-state index contributed by atoms with van der Waals surface area (Å²) in [4.78, 5) is 18.9. The van der Waals surface area contributed by atoms with Gasteiger partial charge in [0, 0.05) is 37.4 Å². The smallest absolute Gasteiger partial charge is 0.373 e. The number of nitrogens with zero attached hydrogens (tertiary/aromatic N) is 4. The van der Waals surface area contributed by atoms with E-state index in [-0.39, 0.29) is 11.8 Å². The van der Waals surface area contributed by atoms with Crippen LogP contribution in [0.25, 0.3) is 0 Å². The summed E-state index contributed by atoms with van der Waals surface area (Å²) in [6.07, 6.45) is 7.90. The molecule has 2 unspecified atom stereocenters. The van der Waals surface area contributed by atoms with Gasteiger partial charge >= 0.3 is 6.15 Å². The number of rotatable bonds is 8. The van der Waals surface area contributed by atoms with Gasteiger partial charge in [-0.05, 0) is 74.1 Å². The summed E-state index contributed by atoms with van der Waals surface area (Å²) in [6.45, 7) is 14.1. The Kier molecular flexibility index (Phi) is 9.36. The Labute approximate surface area is 232 Å². The molecule has 7 nitrogen and oxygen atoms in total. The lowest BCUT2D eigenvalue weighted by Crippen LogP contribution is -2.41. The maximum absolute atomic E-state index is 8.12. The molecular weight excluding hydrogens is 488 g/mol. The summed E-state index contributed by atoms with van der Waals surface area (Å²) in [5, 5.41) is 8.72. The Bertz CT molecular complexity index is 1280. The zero-order valence-electron chi connectivity index (χ0n) is 24.0. The minimum atomic E-state index is -0.220. The van der Waals surface area contributed by atoms with E-state index in [1.807, 2.05) is 4.68 Å². The van der Waals surface area contributed by atoms with Crippen molar-refractivity contribution in [1.82, 2.24) is 19.9 Å². The van der Waals surface area contributed by atoms with Gasteiger partial charge in [0.2, 0.25) is 0 Å². The molecule has 0 bridgehead atoms. The van der Waals surface area contributed by atoms with Crippen LogP contribution in [0.1, 0.15) is 93.8 Å². The van der Waals surface area contributed by atoms with Gasteiger partial charge in [0.1, 0.15) is 11.4 Å². The minimum Gasteiger partial charge on any atom is -0.486 e. The van der Waals surface area contributed by atoms with Gasteiger partial charge in [0.05, 0.1) is 5.69 Å². The molecule has 0 spiro atoms. The molecule has 2 atom stereocenters. The lowest BCUT2D eigenvalue weighted by molar-refractivity contribution is -0.191. The van der Waals surface area contributed by atoms with Gasteiger partial charge < -0.3 is 4.74 Å². The van der Waals surface area contributed by atoms with Gasteiger partial charge in [0.15, 0.2) is 0 Å². The van der Waals surface area contributed by atoms with Crippen LogP contribution in [0, 0.1) is 5.92 Å². The summed E-state index contributed by atoms with van der Waals surface area (Å²) in [5.74, 6) is 2.10. The second kappa shape index (κ2) is 12.7. The Morgan fingerprint density at radius 2 is 1.90 bits per heavy atom. The van der Waals surface area contributed by atoms with E-state index in [0.717, 1.165) is 56.8 Å². The van der Waals surface area contributed by atoms with E-state index in [0.29, 0.717) is 17.9 Å². The monoisotopic (exact) mass is 530 g/mol. The third-order valence-corrected chi connectivity index (χ3v) is 7.97. The lowest BCUT2D eigenvalue weighted by atomic mass is 9.84. The standard InChI is InChI=1S/C31H42N4O.CO2/c1-6-9-26-20-35(33-32-26)17-16-27(22(2)3)24-13-12-23-14-15-29(28(23)18-24)34-19-25-10-7-8-11-30(25)36-31(4,5)21-34;2-1-3/h7-8,10-13,18,20,22,27,29H,6,9,14-17,19,21H2,1-5H3;. The molecule has 0 saturated carbocycles. The van der Waals surface area contributed by atoms with Crippen molar-refractivity contribution in [2.75, 3.05) is 6.54 Å². The highest BCUT2D eigenvalue weighted by molar-refractivity contribution is 5.41. The fraction of sp³-hybridized carbons (Fsp3) is 0.531. The highest BCUT2D eigenvalue weighted by Crippen LogP contribution is 2.42. The molecule has 0 fully saturated rings. The van der Waals surface area contributed by atoms with Gasteiger partial charge in [-0.1, -0.05) is 68.8 Å². The highest BCUT2D eigenvalue weighted by atomic mass is 16.5. The van der Waals surface area contributed by atoms with E-state index in [1.54, 1.807) is 0 Å². The zero-order chi connectivity index (χ0) is 28.0. The van der Waals surface area contributed by atoms with Crippen molar-refractivity contribution in [3.05, 3.63) is 76.6 Å². The maximum Gasteiger partial charge on any atom is 0.373 e. The topological polar surface area (TPSA) is 77.3 Å². The van der Waals surface area contributed by atoms with Crippen molar-refractivity contribution in [1.29, 1.82) is 0 Å². The van der Waals surface area contributed by atoms with Crippen LogP contribution in [0.5, 0.6) is 5.75 Å². The van der Waals surface area contributed by atoms with Crippen molar-refractivity contribution in [3.63, 3.8) is 0 Å². The van der Waals surface area contributed by atoms with Gasteiger partial charge in [-0.2, -0.15) is 9.59 Å². The Morgan fingerprint density at radius 3 is 2.64 bits per heavy atom. The molecule has 2 aliphatic rings. The third kappa shape index (κ3) is 7.03. The molecule has 0 N–H and O–H groups in total. The molecule has 0 radical (unpaired) electrons. The number of benzene rings is 2. The first-order valence-electron chi connectivity index (χ1n) is 14.3. The molecule has 0 saturated heterocycles. The molecule has 208 valence electrons. The Balaban J connectivity index is 0.00000112. The van der Waals surface area contributed by atoms with E-state index in [1.165, 1.54) is 28.7 Å². The predicted octanol–water partition coefficient (Wildman–Crippen LogP) is 6.14. The number of aryl methyl sites for hydroxylation is 3. The molecule has 2 heterocycles. The number of hydrogen-bond acceptors (Lipinski definition) is 6. The largest absolute Gasteiger partial charge is 0.486 e. The fourth-order valence-electron chi connectivity index (χ4n) is 6.23. The first-order chi connectivity index (χ1) is 18.7. The zero-order valence-corrected chi connectivity index (χ0v) is 24.0. The summed E-state index contributed by atoms with van der Waals surface area (Å²) in [7, 11) is 0. The fourth-order valence-corrected chi connectivity index (χ4v) is 6.23. The molecule has 39 heavy (non-hydrogen) atoms. The van der Waals surface area contributed by atoms with Gasteiger partial charge in [-0.3, -0.25) is 9.58 Å². The van der Waals surface area contributed by atoms with Crippen molar-refractivity contribution >= 4 is 6.15 Å². The molecule has 1 aromatic heterocycles. The van der Waals surface area contributed by atoms with E-state index < -0.39 is 0 Å². The van der Waals surface area contributed by atoms with Crippen LogP contribution in [0.2, 0.25) is 0 Å². The van der Waals surface area contributed by atoms with E-state index in [9.17, 15) is 0 Å². The van der Waals surface area contributed by atoms with Crippen molar-refractivity contribution in [2.45, 2.75) is 97.4 Å². The summed E-state index contributed by atoms with van der Waals surface area (Å²) in [6, 6.07) is 16.3. The lowest BCUT2D eigenvalue weighted by Gasteiger charge is -2.34. The van der Waals surface area contributed by atoms with Crippen molar-refractivity contribution in [3.8, 4) is 5.75 Å². The summed E-state index contributed by atoms with van der Waals surface area (Å²) in [5.41, 5.74) is 6.69. The minimum absolute atomic E-state index is 0.220. The van der Waals surface area contributed by atoms with Gasteiger partial charge in [0.25, 0.3) is 0 Å². The van der Waals surface area contributed by atoms with Crippen LogP contribution >= 0.6 is 0 Å². The average molecular weight is 531 g/mol. The van der Waals surface area contributed by atoms with Crippen LogP contribution < -0.4 is 4.74 Å². The van der Waals surface area contributed by atoms with Crippen LogP contribution in [-0.4, -0.2) is 38.2 Å². The molecule has 1 aliphatic carbocycles. The molecule has 1 aliphatic heterocycles. The number of fused-ring (bicyclic) bond motifs is 2. The molecule has 5 rings (SSSR count). The first-order valence-corrected chi connectivity index (χ1v) is 14.3. The summed E-state index contributed by atoms with van der Waals surface area (Å²) >= 11 is 0. The van der Waals surface area contributed by atoms with Crippen LogP contribution in [0.15, 0.2) is 48.7 Å². The molecule has 3 aromatic rings. The molecule has 0 amide bonds. The number of aromatic nitrogens is 3. The van der Waals surface area contributed by atoms with Crippen LogP contribution in [-0.2, 0) is 35.5 Å². The maximum atomic E-state index is 8.12. The van der Waals surface area contributed by atoms with E-state index in [4.69, 9.17) is 14.3 Å². The highest BCUT2D eigenvalue weighted by Gasteiger charge is 2.36. The van der Waals surface area contributed by atoms with Gasteiger partial charge in [-0.25, -0.2) is 0 Å². The van der Waals surface area contributed by atoms with E-state index in [2.05, 4.69) is 98.5 Å². The van der Waals surface area contributed by atoms with E-state index >= 15 is 0 Å². The van der Waals surface area contributed by atoms with Crippen LogP contribution in [0.3, 0.4) is 0 Å². The number of ether oxygens (including phenoxy) is 1. The normalized spacial score (nSPS) is 18.7. The van der Waals surface area contributed by atoms with Gasteiger partial charge in [-0.15, -0.1) is 5.10 Å². The summed E-state index contributed by atoms with van der Waals surface area (Å²) < 4.78 is 8.49. The second-order valence-electron chi connectivity index (χ2n) is 11.8. The van der Waals surface area contributed by atoms with Crippen LogP contribution in [0.4, 0.5) is 0 Å². The van der Waals surface area contributed by atoms with Crippen molar-refractivity contribution < 1.29 is 14.3 Å². The first kappa shape index (κ1) is 28.7.